The fourth-order valence-electron chi connectivity index (χ4n) is 3.93. The number of hydrogen-bond donors (Lipinski definition) is 1. The van der Waals surface area contributed by atoms with Gasteiger partial charge < -0.3 is 5.73 Å². The smallest absolute Gasteiger partial charge is 0.000546 e. The third-order valence-corrected chi connectivity index (χ3v) is 5.34. The van der Waals surface area contributed by atoms with E-state index in [1.165, 1.54) is 42.4 Å². The highest BCUT2D eigenvalue weighted by Gasteiger charge is 2.28. The van der Waals surface area contributed by atoms with Crippen LogP contribution >= 0.6 is 0 Å². The minimum atomic E-state index is 0.210. The average Bonchev–Trinajstić information content (AvgIpc) is 2.40. The van der Waals surface area contributed by atoms with Crippen molar-refractivity contribution in [3.8, 4) is 0 Å². The van der Waals surface area contributed by atoms with E-state index < -0.39 is 0 Å². The molecule has 118 valence electrons. The summed E-state index contributed by atoms with van der Waals surface area (Å²) in [5.74, 6) is 2.17. The Balaban J connectivity index is 2.32. The lowest BCUT2D eigenvalue weighted by Gasteiger charge is -2.34. The lowest BCUT2D eigenvalue weighted by molar-refractivity contribution is 0.247. The number of hydrogen-bond acceptors (Lipinski definition) is 1. The molecule has 1 aromatic carbocycles. The van der Waals surface area contributed by atoms with Crippen molar-refractivity contribution < 1.29 is 0 Å². The van der Waals surface area contributed by atoms with Crippen LogP contribution in [0.5, 0.6) is 0 Å². The van der Waals surface area contributed by atoms with Gasteiger partial charge in [0, 0.05) is 0 Å². The zero-order valence-corrected chi connectivity index (χ0v) is 14.6. The highest BCUT2D eigenvalue weighted by Crippen LogP contribution is 2.40. The van der Waals surface area contributed by atoms with Gasteiger partial charge in [0.2, 0.25) is 0 Å². The van der Waals surface area contributed by atoms with Gasteiger partial charge in [-0.25, -0.2) is 0 Å². The minimum absolute atomic E-state index is 0.210. The molecule has 1 aliphatic carbocycles. The van der Waals surface area contributed by atoms with Crippen molar-refractivity contribution in [2.45, 2.75) is 71.6 Å². The molecule has 2 N–H and O–H groups in total. The van der Waals surface area contributed by atoms with Gasteiger partial charge >= 0.3 is 0 Å². The first-order valence-electron chi connectivity index (χ1n) is 8.64. The maximum atomic E-state index is 6.21. The zero-order valence-electron chi connectivity index (χ0n) is 14.6. The number of aryl methyl sites for hydroxylation is 1. The largest absolute Gasteiger partial charge is 0.330 e. The van der Waals surface area contributed by atoms with E-state index in [2.05, 4.69) is 52.8 Å². The Labute approximate surface area is 131 Å². The Morgan fingerprint density at radius 2 is 1.95 bits per heavy atom. The van der Waals surface area contributed by atoms with Crippen molar-refractivity contribution >= 4 is 0 Å². The predicted molar refractivity (Wildman–Crippen MR) is 92.8 cm³/mol. The standard InChI is InChI=1S/C20H33N/c1-14-7-6-8-16(11-14)19(13-21)18-12-17(20(3,4)5)10-9-15(18)2/h9-10,12,14,16,19H,6-8,11,13,21H2,1-5H3. The highest BCUT2D eigenvalue weighted by molar-refractivity contribution is 5.37. The van der Waals surface area contributed by atoms with Gasteiger partial charge in [0.15, 0.2) is 0 Å². The van der Waals surface area contributed by atoms with Gasteiger partial charge in [0.05, 0.1) is 0 Å². The maximum Gasteiger partial charge on any atom is -0.000546 e. The molecule has 0 bridgehead atoms. The molecule has 0 aromatic heterocycles. The van der Waals surface area contributed by atoms with Crippen molar-refractivity contribution in [1.82, 2.24) is 0 Å². The third-order valence-electron chi connectivity index (χ3n) is 5.34. The van der Waals surface area contributed by atoms with Gasteiger partial charge in [-0.1, -0.05) is 58.7 Å². The fraction of sp³-hybridized carbons (Fsp3) is 0.700. The first-order chi connectivity index (χ1) is 9.82. The molecule has 3 atom stereocenters. The molecule has 0 spiro atoms. The van der Waals surface area contributed by atoms with Crippen molar-refractivity contribution in [3.63, 3.8) is 0 Å². The molecule has 0 aliphatic heterocycles. The lowest BCUT2D eigenvalue weighted by atomic mass is 9.72. The third kappa shape index (κ3) is 3.88. The van der Waals surface area contributed by atoms with Gasteiger partial charge in [0.1, 0.15) is 0 Å². The van der Waals surface area contributed by atoms with Crippen LogP contribution in [0.25, 0.3) is 0 Å². The molecule has 1 saturated carbocycles. The van der Waals surface area contributed by atoms with Crippen LogP contribution in [0.1, 0.15) is 76.0 Å². The van der Waals surface area contributed by atoms with Crippen LogP contribution in [0.3, 0.4) is 0 Å². The van der Waals surface area contributed by atoms with Crippen LogP contribution in [-0.2, 0) is 5.41 Å². The van der Waals surface area contributed by atoms with Crippen LogP contribution in [0, 0.1) is 18.8 Å². The first kappa shape index (κ1) is 16.5. The Morgan fingerprint density at radius 3 is 2.52 bits per heavy atom. The van der Waals surface area contributed by atoms with E-state index in [0.717, 1.165) is 18.4 Å². The molecule has 2 rings (SSSR count). The van der Waals surface area contributed by atoms with Gasteiger partial charge in [-0.3, -0.25) is 0 Å². The van der Waals surface area contributed by atoms with Gasteiger partial charge in [-0.2, -0.15) is 0 Å². The van der Waals surface area contributed by atoms with E-state index >= 15 is 0 Å². The van der Waals surface area contributed by atoms with Crippen LogP contribution in [0.2, 0.25) is 0 Å². The Morgan fingerprint density at radius 1 is 1.24 bits per heavy atom. The van der Waals surface area contributed by atoms with Crippen molar-refractivity contribution in [2.75, 3.05) is 6.54 Å². The molecule has 0 saturated heterocycles. The Hall–Kier alpha value is -0.820. The number of nitrogens with two attached hydrogens (primary N) is 1. The van der Waals surface area contributed by atoms with E-state index in [9.17, 15) is 0 Å². The summed E-state index contributed by atoms with van der Waals surface area (Å²) in [7, 11) is 0. The molecule has 1 fully saturated rings. The number of rotatable bonds is 3. The molecular weight excluding hydrogens is 254 g/mol. The molecule has 0 amide bonds. The van der Waals surface area contributed by atoms with E-state index in [1.807, 2.05) is 0 Å². The molecule has 3 unspecified atom stereocenters. The van der Waals surface area contributed by atoms with Crippen LogP contribution < -0.4 is 5.73 Å². The van der Waals surface area contributed by atoms with Gasteiger partial charge in [-0.05, 0) is 66.2 Å². The average molecular weight is 287 g/mol. The molecule has 0 heterocycles. The second-order valence-corrected chi connectivity index (χ2v) is 8.20. The van der Waals surface area contributed by atoms with E-state index in [-0.39, 0.29) is 5.41 Å². The quantitative estimate of drug-likeness (QED) is 0.816. The monoisotopic (exact) mass is 287 g/mol. The second-order valence-electron chi connectivity index (χ2n) is 8.20. The summed E-state index contributed by atoms with van der Waals surface area (Å²) in [6.45, 7) is 12.3. The van der Waals surface area contributed by atoms with Gasteiger partial charge in [0.25, 0.3) is 0 Å². The van der Waals surface area contributed by atoms with Crippen molar-refractivity contribution in [2.24, 2.45) is 17.6 Å². The minimum Gasteiger partial charge on any atom is -0.330 e. The molecule has 21 heavy (non-hydrogen) atoms. The summed E-state index contributed by atoms with van der Waals surface area (Å²) in [5.41, 5.74) is 10.8. The Kier molecular flexibility index (Phi) is 5.14. The molecule has 1 aliphatic rings. The van der Waals surface area contributed by atoms with E-state index in [4.69, 9.17) is 5.73 Å². The van der Waals surface area contributed by atoms with Crippen LogP contribution in [0.15, 0.2) is 18.2 Å². The first-order valence-corrected chi connectivity index (χ1v) is 8.64. The van der Waals surface area contributed by atoms with Crippen molar-refractivity contribution in [3.05, 3.63) is 34.9 Å². The number of benzene rings is 1. The maximum absolute atomic E-state index is 6.21. The summed E-state index contributed by atoms with van der Waals surface area (Å²) in [5, 5.41) is 0. The topological polar surface area (TPSA) is 26.0 Å². The molecule has 1 aromatic rings. The summed E-state index contributed by atoms with van der Waals surface area (Å²) >= 11 is 0. The molecular formula is C20H33N. The second kappa shape index (κ2) is 6.52. The SMILES string of the molecule is Cc1ccc(C(C)(C)C)cc1C(CN)C1CCCC(C)C1. The summed E-state index contributed by atoms with van der Waals surface area (Å²) in [4.78, 5) is 0. The van der Waals surface area contributed by atoms with Crippen LogP contribution in [-0.4, -0.2) is 6.54 Å². The van der Waals surface area contributed by atoms with Crippen molar-refractivity contribution in [1.29, 1.82) is 0 Å². The summed E-state index contributed by atoms with van der Waals surface area (Å²) in [6.07, 6.45) is 5.47. The molecule has 0 radical (unpaired) electrons. The van der Waals surface area contributed by atoms with Crippen LogP contribution in [0.4, 0.5) is 0 Å². The van der Waals surface area contributed by atoms with Gasteiger partial charge in [-0.15, -0.1) is 0 Å². The highest BCUT2D eigenvalue weighted by atomic mass is 14.6. The molecule has 1 nitrogen and oxygen atoms in total. The van der Waals surface area contributed by atoms with E-state index in [0.29, 0.717) is 5.92 Å². The fourth-order valence-corrected chi connectivity index (χ4v) is 3.93. The normalized spacial score (nSPS) is 24.9. The Bertz CT molecular complexity index is 469. The lowest BCUT2D eigenvalue weighted by Crippen LogP contribution is -2.27. The zero-order chi connectivity index (χ0) is 15.6. The van der Waals surface area contributed by atoms with E-state index in [1.54, 1.807) is 0 Å². The molecule has 1 heteroatoms. The summed E-state index contributed by atoms with van der Waals surface area (Å²) < 4.78 is 0. The summed E-state index contributed by atoms with van der Waals surface area (Å²) in [6, 6.07) is 7.02. The predicted octanol–water partition coefficient (Wildman–Crippen LogP) is 5.16.